The average molecular weight is 342 g/mol. The Morgan fingerprint density at radius 3 is 2.67 bits per heavy atom. The lowest BCUT2D eigenvalue weighted by atomic mass is 10.1. The normalized spacial score (nSPS) is 11.4. The minimum atomic E-state index is -4.52. The van der Waals surface area contributed by atoms with E-state index in [1.54, 1.807) is 0 Å². The summed E-state index contributed by atoms with van der Waals surface area (Å²) in [5.74, 6) is -0.0495. The molecular weight excluding hydrogens is 325 g/mol. The summed E-state index contributed by atoms with van der Waals surface area (Å²) in [4.78, 5) is 12.2. The Labute approximate surface area is 136 Å². The zero-order valence-corrected chi connectivity index (χ0v) is 12.9. The quantitative estimate of drug-likeness (QED) is 0.837. The molecule has 2 rings (SSSR count). The maximum atomic E-state index is 12.9. The molecular formula is C16H17F3N2O3. The van der Waals surface area contributed by atoms with Crippen molar-refractivity contribution in [3.05, 3.63) is 47.4 Å². The summed E-state index contributed by atoms with van der Waals surface area (Å²) in [5, 5.41) is 2.42. The Morgan fingerprint density at radius 2 is 2.08 bits per heavy atom. The minimum absolute atomic E-state index is 0.0567. The molecule has 1 amide bonds. The van der Waals surface area contributed by atoms with E-state index in [4.69, 9.17) is 14.9 Å². The molecule has 0 atom stereocenters. The van der Waals surface area contributed by atoms with Crippen molar-refractivity contribution in [2.45, 2.75) is 26.1 Å². The first kappa shape index (κ1) is 17.9. The SMILES string of the molecule is CCCOc1ccc(C(F)(F)F)cc1NC(=O)c1coc(CN)c1. The first-order valence-electron chi connectivity index (χ1n) is 7.28. The lowest BCUT2D eigenvalue weighted by Gasteiger charge is -2.14. The third kappa shape index (κ3) is 4.29. The zero-order chi connectivity index (χ0) is 17.7. The molecule has 0 aliphatic rings. The molecule has 5 nitrogen and oxygen atoms in total. The van der Waals surface area contributed by atoms with Crippen molar-refractivity contribution in [3.8, 4) is 5.75 Å². The lowest BCUT2D eigenvalue weighted by molar-refractivity contribution is -0.137. The molecule has 0 radical (unpaired) electrons. The second kappa shape index (κ2) is 7.39. The molecule has 1 heterocycles. The molecule has 0 bridgehead atoms. The van der Waals surface area contributed by atoms with Gasteiger partial charge in [-0.1, -0.05) is 6.92 Å². The molecule has 1 aromatic carbocycles. The highest BCUT2D eigenvalue weighted by atomic mass is 19.4. The number of halogens is 3. The van der Waals surface area contributed by atoms with Crippen LogP contribution in [0.3, 0.4) is 0 Å². The van der Waals surface area contributed by atoms with E-state index in [9.17, 15) is 18.0 Å². The highest BCUT2D eigenvalue weighted by Crippen LogP contribution is 2.35. The van der Waals surface area contributed by atoms with Crippen LogP contribution in [-0.4, -0.2) is 12.5 Å². The highest BCUT2D eigenvalue weighted by molar-refractivity contribution is 6.05. The van der Waals surface area contributed by atoms with Gasteiger partial charge in [0, 0.05) is 0 Å². The third-order valence-electron chi connectivity index (χ3n) is 3.13. The van der Waals surface area contributed by atoms with Crippen LogP contribution < -0.4 is 15.8 Å². The van der Waals surface area contributed by atoms with Crippen LogP contribution >= 0.6 is 0 Å². The van der Waals surface area contributed by atoms with Gasteiger partial charge in [0.15, 0.2) is 0 Å². The standard InChI is InChI=1S/C16H17F3N2O3/c1-2-5-23-14-4-3-11(16(17,18)19)7-13(14)21-15(22)10-6-12(8-20)24-9-10/h3-4,6-7,9H,2,5,8,20H2,1H3,(H,21,22). The van der Waals surface area contributed by atoms with Crippen molar-refractivity contribution < 1.29 is 27.1 Å². The molecule has 0 unspecified atom stereocenters. The summed E-state index contributed by atoms with van der Waals surface area (Å²) in [5.41, 5.74) is 4.62. The number of nitrogens with one attached hydrogen (secondary N) is 1. The smallest absolute Gasteiger partial charge is 0.416 e. The fraction of sp³-hybridized carbons (Fsp3) is 0.312. The molecule has 0 spiro atoms. The van der Waals surface area contributed by atoms with E-state index in [1.165, 1.54) is 18.4 Å². The summed E-state index contributed by atoms with van der Waals surface area (Å²) in [7, 11) is 0. The van der Waals surface area contributed by atoms with Crippen molar-refractivity contribution in [1.82, 2.24) is 0 Å². The molecule has 24 heavy (non-hydrogen) atoms. The van der Waals surface area contributed by atoms with E-state index in [0.29, 0.717) is 18.8 Å². The van der Waals surface area contributed by atoms with Crippen LogP contribution in [0.15, 0.2) is 34.9 Å². The van der Waals surface area contributed by atoms with Gasteiger partial charge < -0.3 is 20.2 Å². The van der Waals surface area contributed by atoms with E-state index in [-0.39, 0.29) is 23.5 Å². The third-order valence-corrected chi connectivity index (χ3v) is 3.13. The number of amides is 1. The van der Waals surface area contributed by atoms with Gasteiger partial charge >= 0.3 is 6.18 Å². The molecule has 8 heteroatoms. The summed E-state index contributed by atoms with van der Waals surface area (Å²) < 4.78 is 49.1. The van der Waals surface area contributed by atoms with Gasteiger partial charge in [0.2, 0.25) is 0 Å². The monoisotopic (exact) mass is 342 g/mol. The number of hydrogen-bond donors (Lipinski definition) is 2. The molecule has 0 saturated carbocycles. The van der Waals surface area contributed by atoms with Gasteiger partial charge in [0.05, 0.1) is 30.0 Å². The molecule has 3 N–H and O–H groups in total. The Morgan fingerprint density at radius 1 is 1.33 bits per heavy atom. The predicted molar refractivity (Wildman–Crippen MR) is 81.8 cm³/mol. The summed E-state index contributed by atoms with van der Waals surface area (Å²) in [6.07, 6.45) is -2.65. The molecule has 130 valence electrons. The Hall–Kier alpha value is -2.48. The van der Waals surface area contributed by atoms with Gasteiger partial charge in [-0.25, -0.2) is 0 Å². The van der Waals surface area contributed by atoms with E-state index in [1.807, 2.05) is 6.92 Å². The first-order valence-corrected chi connectivity index (χ1v) is 7.28. The van der Waals surface area contributed by atoms with Gasteiger partial charge in [-0.05, 0) is 30.7 Å². The summed E-state index contributed by atoms with van der Waals surface area (Å²) in [6, 6.07) is 4.36. The van der Waals surface area contributed by atoms with Crippen LogP contribution in [0.1, 0.15) is 35.0 Å². The highest BCUT2D eigenvalue weighted by Gasteiger charge is 2.31. The van der Waals surface area contributed by atoms with Crippen molar-refractivity contribution >= 4 is 11.6 Å². The Bertz CT molecular complexity index is 711. The number of ether oxygens (including phenoxy) is 1. The van der Waals surface area contributed by atoms with Crippen LogP contribution in [0.4, 0.5) is 18.9 Å². The number of alkyl halides is 3. The predicted octanol–water partition coefficient (Wildman–Crippen LogP) is 3.80. The molecule has 2 aromatic rings. The molecule has 0 aliphatic heterocycles. The van der Waals surface area contributed by atoms with Gasteiger partial charge in [-0.15, -0.1) is 0 Å². The van der Waals surface area contributed by atoms with Crippen LogP contribution in [0.25, 0.3) is 0 Å². The van der Waals surface area contributed by atoms with E-state index in [2.05, 4.69) is 5.32 Å². The number of benzene rings is 1. The number of hydrogen-bond acceptors (Lipinski definition) is 4. The van der Waals surface area contributed by atoms with Crippen molar-refractivity contribution in [3.63, 3.8) is 0 Å². The Kier molecular flexibility index (Phi) is 5.50. The number of rotatable bonds is 6. The van der Waals surface area contributed by atoms with E-state index >= 15 is 0 Å². The second-order valence-electron chi connectivity index (χ2n) is 5.02. The maximum absolute atomic E-state index is 12.9. The summed E-state index contributed by atoms with van der Waals surface area (Å²) in [6.45, 7) is 2.29. The van der Waals surface area contributed by atoms with Gasteiger partial charge in [0.1, 0.15) is 17.8 Å². The average Bonchev–Trinajstić information content (AvgIpc) is 3.02. The fourth-order valence-electron chi connectivity index (χ4n) is 1.94. The van der Waals surface area contributed by atoms with Crippen molar-refractivity contribution in [2.75, 3.05) is 11.9 Å². The second-order valence-corrected chi connectivity index (χ2v) is 5.02. The number of carbonyl (C=O) groups excluding carboxylic acids is 1. The number of furan rings is 1. The minimum Gasteiger partial charge on any atom is -0.491 e. The fourth-order valence-corrected chi connectivity index (χ4v) is 1.94. The number of nitrogens with two attached hydrogens (primary N) is 1. The van der Waals surface area contributed by atoms with E-state index < -0.39 is 17.6 Å². The first-order chi connectivity index (χ1) is 11.3. The molecule has 0 saturated heterocycles. The van der Waals surface area contributed by atoms with Crippen LogP contribution in [0.5, 0.6) is 5.75 Å². The molecule has 0 fully saturated rings. The lowest BCUT2D eigenvalue weighted by Crippen LogP contribution is -2.14. The van der Waals surface area contributed by atoms with Crippen LogP contribution in [0.2, 0.25) is 0 Å². The molecule has 1 aromatic heterocycles. The van der Waals surface area contributed by atoms with Crippen molar-refractivity contribution in [2.24, 2.45) is 5.73 Å². The van der Waals surface area contributed by atoms with Gasteiger partial charge in [-0.2, -0.15) is 13.2 Å². The van der Waals surface area contributed by atoms with E-state index in [0.717, 1.165) is 12.1 Å². The van der Waals surface area contributed by atoms with Crippen LogP contribution in [0, 0.1) is 0 Å². The maximum Gasteiger partial charge on any atom is 0.416 e. The number of anilines is 1. The largest absolute Gasteiger partial charge is 0.491 e. The Balaban J connectivity index is 2.29. The van der Waals surface area contributed by atoms with Crippen LogP contribution in [-0.2, 0) is 12.7 Å². The topological polar surface area (TPSA) is 77.5 Å². The van der Waals surface area contributed by atoms with Crippen molar-refractivity contribution in [1.29, 1.82) is 0 Å². The summed E-state index contributed by atoms with van der Waals surface area (Å²) >= 11 is 0. The van der Waals surface area contributed by atoms with Gasteiger partial charge in [-0.3, -0.25) is 4.79 Å². The zero-order valence-electron chi connectivity index (χ0n) is 12.9. The molecule has 0 aliphatic carbocycles. The van der Waals surface area contributed by atoms with Gasteiger partial charge in [0.25, 0.3) is 5.91 Å². The number of carbonyl (C=O) groups is 1.